The third-order valence-corrected chi connectivity index (χ3v) is 4.33. The van der Waals surface area contributed by atoms with Crippen LogP contribution < -0.4 is 15.4 Å². The van der Waals surface area contributed by atoms with Gasteiger partial charge in [0.2, 0.25) is 0 Å². The number of nitrogens with one attached hydrogen (secondary N) is 2. The highest BCUT2D eigenvalue weighted by molar-refractivity contribution is 6.15. The number of benzene rings is 2. The summed E-state index contributed by atoms with van der Waals surface area (Å²) in [6, 6.07) is 10.00. The van der Waals surface area contributed by atoms with Gasteiger partial charge in [0, 0.05) is 6.54 Å². The van der Waals surface area contributed by atoms with Gasteiger partial charge in [0.1, 0.15) is 5.75 Å². The summed E-state index contributed by atoms with van der Waals surface area (Å²) in [7, 11) is 0. The average molecular weight is 378 g/mol. The molecule has 2 aromatic rings. The summed E-state index contributed by atoms with van der Waals surface area (Å²) in [6.07, 6.45) is -4.54. The summed E-state index contributed by atoms with van der Waals surface area (Å²) < 4.78 is 44.8. The molecule has 0 fully saturated rings. The Bertz CT molecular complexity index is 911. The van der Waals surface area contributed by atoms with Gasteiger partial charge in [-0.25, -0.2) is 0 Å². The molecule has 1 heterocycles. The van der Waals surface area contributed by atoms with Crippen LogP contribution in [0.4, 0.5) is 18.9 Å². The zero-order chi connectivity index (χ0) is 19.8. The SMILES string of the molecule is Cc1ccc2c(c1)NC(=O)C(C)(C(=O)NCc1ccccc1C(F)(F)F)O2. The van der Waals surface area contributed by atoms with Gasteiger partial charge in [-0.05, 0) is 43.2 Å². The van der Waals surface area contributed by atoms with Crippen molar-refractivity contribution in [1.29, 1.82) is 0 Å². The van der Waals surface area contributed by atoms with Gasteiger partial charge in [0.15, 0.2) is 0 Å². The molecule has 0 aromatic heterocycles. The first-order valence-corrected chi connectivity index (χ1v) is 8.16. The number of aryl methyl sites for hydroxylation is 1. The summed E-state index contributed by atoms with van der Waals surface area (Å²) >= 11 is 0. The molecule has 3 rings (SSSR count). The Kier molecular flexibility index (Phi) is 4.59. The number of halogens is 3. The summed E-state index contributed by atoms with van der Waals surface area (Å²) in [6.45, 7) is 2.72. The zero-order valence-electron chi connectivity index (χ0n) is 14.6. The van der Waals surface area contributed by atoms with Crippen LogP contribution in [-0.2, 0) is 22.3 Å². The van der Waals surface area contributed by atoms with Crippen LogP contribution in [-0.4, -0.2) is 17.4 Å². The number of carbonyl (C=O) groups is 2. The van der Waals surface area contributed by atoms with Crippen molar-refractivity contribution in [3.8, 4) is 5.75 Å². The number of fused-ring (bicyclic) bond motifs is 1. The topological polar surface area (TPSA) is 67.4 Å². The molecule has 0 saturated heterocycles. The van der Waals surface area contributed by atoms with Crippen molar-refractivity contribution in [2.24, 2.45) is 0 Å². The van der Waals surface area contributed by atoms with Gasteiger partial charge in [0.05, 0.1) is 11.3 Å². The van der Waals surface area contributed by atoms with Crippen LogP contribution in [0.1, 0.15) is 23.6 Å². The molecule has 0 bridgehead atoms. The molecular formula is C19H17F3N2O3. The fraction of sp³-hybridized carbons (Fsp3) is 0.263. The number of ether oxygens (including phenoxy) is 1. The smallest absolute Gasteiger partial charge is 0.416 e. The first kappa shape index (κ1) is 18.8. The number of anilines is 1. The molecule has 1 aliphatic heterocycles. The monoisotopic (exact) mass is 378 g/mol. The van der Waals surface area contributed by atoms with Gasteiger partial charge in [0.25, 0.3) is 17.4 Å². The second kappa shape index (κ2) is 6.61. The fourth-order valence-corrected chi connectivity index (χ4v) is 2.78. The Morgan fingerprint density at radius 1 is 1.22 bits per heavy atom. The number of hydrogen-bond donors (Lipinski definition) is 2. The maximum atomic E-state index is 13.1. The lowest BCUT2D eigenvalue weighted by Crippen LogP contribution is -2.58. The van der Waals surface area contributed by atoms with E-state index in [-0.39, 0.29) is 12.1 Å². The van der Waals surface area contributed by atoms with Gasteiger partial charge in [-0.3, -0.25) is 9.59 Å². The van der Waals surface area contributed by atoms with Crippen molar-refractivity contribution in [1.82, 2.24) is 5.32 Å². The van der Waals surface area contributed by atoms with Crippen molar-refractivity contribution in [3.63, 3.8) is 0 Å². The third kappa shape index (κ3) is 3.60. The lowest BCUT2D eigenvalue weighted by molar-refractivity contribution is -0.147. The first-order chi connectivity index (χ1) is 12.6. The van der Waals surface area contributed by atoms with Crippen LogP contribution in [0.2, 0.25) is 0 Å². The summed E-state index contributed by atoms with van der Waals surface area (Å²) in [5.74, 6) is -1.21. The molecule has 2 N–H and O–H groups in total. The lowest BCUT2D eigenvalue weighted by Gasteiger charge is -2.33. The highest BCUT2D eigenvalue weighted by Crippen LogP contribution is 2.35. The molecule has 0 aliphatic carbocycles. The van der Waals surface area contributed by atoms with E-state index in [0.717, 1.165) is 11.6 Å². The normalized spacial score (nSPS) is 18.9. The molecule has 0 spiro atoms. The average Bonchev–Trinajstić information content (AvgIpc) is 2.60. The summed E-state index contributed by atoms with van der Waals surface area (Å²) in [4.78, 5) is 25.0. The highest BCUT2D eigenvalue weighted by atomic mass is 19.4. The Labute approximate surface area is 153 Å². The van der Waals surface area contributed by atoms with E-state index in [9.17, 15) is 22.8 Å². The quantitative estimate of drug-likeness (QED) is 0.805. The first-order valence-electron chi connectivity index (χ1n) is 8.16. The van der Waals surface area contributed by atoms with Crippen LogP contribution in [0.5, 0.6) is 5.75 Å². The minimum absolute atomic E-state index is 0.103. The van der Waals surface area contributed by atoms with Crippen molar-refractivity contribution in [3.05, 3.63) is 59.2 Å². The minimum atomic E-state index is -4.54. The molecule has 1 aliphatic rings. The Morgan fingerprint density at radius 3 is 2.63 bits per heavy atom. The molecule has 142 valence electrons. The number of hydrogen-bond acceptors (Lipinski definition) is 3. The molecule has 8 heteroatoms. The van der Waals surface area contributed by atoms with E-state index in [1.54, 1.807) is 18.2 Å². The number of carbonyl (C=O) groups excluding carboxylic acids is 2. The predicted molar refractivity (Wildman–Crippen MR) is 92.1 cm³/mol. The van der Waals surface area contributed by atoms with Crippen molar-refractivity contribution >= 4 is 17.5 Å². The zero-order valence-corrected chi connectivity index (χ0v) is 14.6. The van der Waals surface area contributed by atoms with E-state index in [1.807, 2.05) is 6.92 Å². The maximum Gasteiger partial charge on any atom is 0.416 e. The second-order valence-electron chi connectivity index (χ2n) is 6.43. The Morgan fingerprint density at radius 2 is 1.93 bits per heavy atom. The lowest BCUT2D eigenvalue weighted by atomic mass is 10.0. The van der Waals surface area contributed by atoms with Crippen LogP contribution in [0.25, 0.3) is 0 Å². The summed E-state index contributed by atoms with van der Waals surface area (Å²) in [5, 5.41) is 4.97. The molecule has 1 atom stereocenters. The molecule has 27 heavy (non-hydrogen) atoms. The molecule has 1 unspecified atom stereocenters. The van der Waals surface area contributed by atoms with E-state index in [0.29, 0.717) is 11.4 Å². The molecule has 0 saturated carbocycles. The molecule has 2 amide bonds. The van der Waals surface area contributed by atoms with Crippen LogP contribution in [0, 0.1) is 6.92 Å². The van der Waals surface area contributed by atoms with Crippen molar-refractivity contribution in [2.75, 3.05) is 5.32 Å². The van der Waals surface area contributed by atoms with Gasteiger partial charge >= 0.3 is 6.18 Å². The predicted octanol–water partition coefficient (Wildman–Crippen LogP) is 3.42. The van der Waals surface area contributed by atoms with Gasteiger partial charge in [-0.1, -0.05) is 24.3 Å². The molecule has 0 radical (unpaired) electrons. The number of amides is 2. The van der Waals surface area contributed by atoms with E-state index < -0.39 is 29.2 Å². The molecular weight excluding hydrogens is 361 g/mol. The van der Waals surface area contributed by atoms with E-state index >= 15 is 0 Å². The fourth-order valence-electron chi connectivity index (χ4n) is 2.78. The standard InChI is InChI=1S/C19H17F3N2O3/c1-11-7-8-15-14(9-11)24-17(26)18(2,27-15)16(25)23-10-12-5-3-4-6-13(12)19(20,21)22/h3-9H,10H2,1-2H3,(H,23,25)(H,24,26). The summed E-state index contributed by atoms with van der Waals surface area (Å²) in [5.41, 5.74) is -1.50. The molecule has 5 nitrogen and oxygen atoms in total. The van der Waals surface area contributed by atoms with Crippen LogP contribution in [0.3, 0.4) is 0 Å². The van der Waals surface area contributed by atoms with E-state index in [1.165, 1.54) is 25.1 Å². The van der Waals surface area contributed by atoms with E-state index in [4.69, 9.17) is 4.74 Å². The van der Waals surface area contributed by atoms with Crippen molar-refractivity contribution in [2.45, 2.75) is 32.2 Å². The second-order valence-corrected chi connectivity index (χ2v) is 6.43. The van der Waals surface area contributed by atoms with Crippen LogP contribution >= 0.6 is 0 Å². The van der Waals surface area contributed by atoms with Crippen LogP contribution in [0.15, 0.2) is 42.5 Å². The highest BCUT2D eigenvalue weighted by Gasteiger charge is 2.47. The number of alkyl halides is 3. The maximum absolute atomic E-state index is 13.1. The Balaban J connectivity index is 1.79. The minimum Gasteiger partial charge on any atom is -0.466 e. The van der Waals surface area contributed by atoms with Gasteiger partial charge < -0.3 is 15.4 Å². The molecule has 2 aromatic carbocycles. The van der Waals surface area contributed by atoms with Gasteiger partial charge in [-0.2, -0.15) is 13.2 Å². The Hall–Kier alpha value is -3.03. The van der Waals surface area contributed by atoms with Gasteiger partial charge in [-0.15, -0.1) is 0 Å². The third-order valence-electron chi connectivity index (χ3n) is 4.33. The van der Waals surface area contributed by atoms with E-state index in [2.05, 4.69) is 10.6 Å². The largest absolute Gasteiger partial charge is 0.466 e. The van der Waals surface area contributed by atoms with Crippen molar-refractivity contribution < 1.29 is 27.5 Å². The number of rotatable bonds is 3.